The Morgan fingerprint density at radius 3 is 2.81 bits per heavy atom. The van der Waals surface area contributed by atoms with Crippen LogP contribution >= 0.6 is 0 Å². The second kappa shape index (κ2) is 9.62. The summed E-state index contributed by atoms with van der Waals surface area (Å²) in [5.41, 5.74) is 4.35. The van der Waals surface area contributed by atoms with E-state index >= 15 is 0 Å². The molecule has 1 aromatic rings. The van der Waals surface area contributed by atoms with Crippen molar-refractivity contribution in [2.45, 2.75) is 19.8 Å². The van der Waals surface area contributed by atoms with E-state index in [0.29, 0.717) is 19.7 Å². The summed E-state index contributed by atoms with van der Waals surface area (Å²) in [7, 11) is 0. The van der Waals surface area contributed by atoms with Gasteiger partial charge >= 0.3 is 5.97 Å². The maximum atomic E-state index is 12.0. The first-order chi connectivity index (χ1) is 12.9. The van der Waals surface area contributed by atoms with Gasteiger partial charge in [0.05, 0.1) is 24.0 Å². The lowest BCUT2D eigenvalue weighted by atomic mass is 9.98. The molecule has 0 spiro atoms. The molecule has 10 heteroatoms. The molecule has 0 radical (unpaired) electrons. The monoisotopic (exact) mass is 378 g/mol. The lowest BCUT2D eigenvalue weighted by Gasteiger charge is -2.30. The first kappa shape index (κ1) is 20.3. The Morgan fingerprint density at radius 1 is 1.33 bits per heavy atom. The van der Waals surface area contributed by atoms with Gasteiger partial charge in [-0.05, 0) is 32.4 Å². The number of amides is 2. The van der Waals surface area contributed by atoms with E-state index in [-0.39, 0.29) is 29.7 Å². The van der Waals surface area contributed by atoms with Crippen molar-refractivity contribution < 1.29 is 24.0 Å². The van der Waals surface area contributed by atoms with Crippen molar-refractivity contribution in [1.29, 1.82) is 0 Å². The van der Waals surface area contributed by atoms with Gasteiger partial charge in [0.25, 0.3) is 17.5 Å². The number of carbonyl (C=O) groups is 3. The van der Waals surface area contributed by atoms with E-state index in [4.69, 9.17) is 4.74 Å². The number of ether oxygens (including phenoxy) is 1. The second-order valence-corrected chi connectivity index (χ2v) is 6.14. The Balaban J connectivity index is 1.82. The van der Waals surface area contributed by atoms with Crippen LogP contribution in [0.5, 0.6) is 0 Å². The third-order valence-electron chi connectivity index (χ3n) is 4.13. The highest BCUT2D eigenvalue weighted by Gasteiger charge is 2.27. The number of rotatable bonds is 6. The number of carbonyl (C=O) groups excluding carboxylic acids is 3. The Hall–Kier alpha value is -3.01. The summed E-state index contributed by atoms with van der Waals surface area (Å²) in [6, 6.07) is 5.18. The predicted molar refractivity (Wildman–Crippen MR) is 94.5 cm³/mol. The van der Waals surface area contributed by atoms with E-state index in [2.05, 4.69) is 10.9 Å². The fourth-order valence-electron chi connectivity index (χ4n) is 2.85. The van der Waals surface area contributed by atoms with Crippen molar-refractivity contribution in [1.82, 2.24) is 15.8 Å². The van der Waals surface area contributed by atoms with Gasteiger partial charge in [0, 0.05) is 24.2 Å². The smallest absolute Gasteiger partial charge is 0.310 e. The van der Waals surface area contributed by atoms with Crippen LogP contribution in [0.2, 0.25) is 0 Å². The summed E-state index contributed by atoms with van der Waals surface area (Å²) >= 11 is 0. The summed E-state index contributed by atoms with van der Waals surface area (Å²) in [4.78, 5) is 47.8. The van der Waals surface area contributed by atoms with E-state index in [9.17, 15) is 24.5 Å². The number of hydrogen-bond acceptors (Lipinski definition) is 7. The lowest BCUT2D eigenvalue weighted by molar-refractivity contribution is -0.384. The molecule has 0 aromatic heterocycles. The fraction of sp³-hybridized carbons (Fsp3) is 0.471. The molecule has 1 fully saturated rings. The SMILES string of the molecule is CCOC(=O)C1CCCN(CC(=O)NNC(=O)c2cccc([N+](=O)[O-])c2)C1. The zero-order valence-electron chi connectivity index (χ0n) is 15.0. The third-order valence-corrected chi connectivity index (χ3v) is 4.13. The van der Waals surface area contributed by atoms with Gasteiger partial charge in [-0.3, -0.25) is 40.2 Å². The van der Waals surface area contributed by atoms with Crippen LogP contribution in [-0.2, 0) is 14.3 Å². The average Bonchev–Trinajstić information content (AvgIpc) is 2.66. The van der Waals surface area contributed by atoms with Crippen LogP contribution in [0.3, 0.4) is 0 Å². The van der Waals surface area contributed by atoms with Gasteiger partial charge in [-0.2, -0.15) is 0 Å². The van der Waals surface area contributed by atoms with Gasteiger partial charge < -0.3 is 4.74 Å². The van der Waals surface area contributed by atoms with Crippen LogP contribution in [-0.4, -0.2) is 53.8 Å². The quantitative estimate of drug-likeness (QED) is 0.422. The maximum absolute atomic E-state index is 12.0. The summed E-state index contributed by atoms with van der Waals surface area (Å²) in [5.74, 6) is -1.62. The van der Waals surface area contributed by atoms with Crippen molar-refractivity contribution >= 4 is 23.5 Å². The molecule has 1 aliphatic heterocycles. The second-order valence-electron chi connectivity index (χ2n) is 6.14. The van der Waals surface area contributed by atoms with Gasteiger partial charge in [0.2, 0.25) is 0 Å². The highest BCUT2D eigenvalue weighted by atomic mass is 16.6. The minimum atomic E-state index is -0.657. The van der Waals surface area contributed by atoms with E-state index < -0.39 is 16.7 Å². The van der Waals surface area contributed by atoms with Crippen LogP contribution in [0, 0.1) is 16.0 Å². The minimum absolute atomic E-state index is 0.0190. The highest BCUT2D eigenvalue weighted by molar-refractivity contribution is 5.96. The normalized spacial score (nSPS) is 17.0. The van der Waals surface area contributed by atoms with Gasteiger partial charge in [0.15, 0.2) is 0 Å². The Bertz CT molecular complexity index is 723. The number of benzene rings is 1. The number of hydrazine groups is 1. The van der Waals surface area contributed by atoms with E-state index in [1.807, 2.05) is 4.90 Å². The fourth-order valence-corrected chi connectivity index (χ4v) is 2.85. The molecule has 2 rings (SSSR count). The summed E-state index contributed by atoms with van der Waals surface area (Å²) in [6.45, 7) is 3.17. The predicted octanol–water partition coefficient (Wildman–Crippen LogP) is 0.631. The first-order valence-electron chi connectivity index (χ1n) is 8.63. The van der Waals surface area contributed by atoms with Crippen LogP contribution < -0.4 is 10.9 Å². The molecule has 2 amide bonds. The van der Waals surface area contributed by atoms with E-state index in [1.165, 1.54) is 18.2 Å². The Labute approximate surface area is 156 Å². The lowest BCUT2D eigenvalue weighted by Crippen LogP contribution is -2.49. The zero-order valence-corrected chi connectivity index (χ0v) is 15.0. The molecule has 0 bridgehead atoms. The van der Waals surface area contributed by atoms with Crippen LogP contribution in [0.4, 0.5) is 5.69 Å². The molecule has 1 unspecified atom stereocenters. The van der Waals surface area contributed by atoms with Gasteiger partial charge in [-0.25, -0.2) is 0 Å². The minimum Gasteiger partial charge on any atom is -0.466 e. The van der Waals surface area contributed by atoms with Crippen molar-refractivity contribution in [3.05, 3.63) is 39.9 Å². The van der Waals surface area contributed by atoms with Gasteiger partial charge in [-0.1, -0.05) is 6.07 Å². The Kier molecular flexibility index (Phi) is 7.24. The number of piperidine rings is 1. The molecule has 0 aliphatic carbocycles. The van der Waals surface area contributed by atoms with Gasteiger partial charge in [0.1, 0.15) is 0 Å². The largest absolute Gasteiger partial charge is 0.466 e. The molecule has 1 aromatic carbocycles. The topological polar surface area (TPSA) is 131 Å². The molecule has 0 saturated carbocycles. The molecule has 1 saturated heterocycles. The number of nitro groups is 1. The number of esters is 1. The van der Waals surface area contributed by atoms with Crippen molar-refractivity contribution in [2.24, 2.45) is 5.92 Å². The molecule has 1 heterocycles. The number of likely N-dealkylation sites (tertiary alicyclic amines) is 1. The standard InChI is InChI=1S/C17H22N4O6/c1-2-27-17(24)13-6-4-8-20(10-13)11-15(22)18-19-16(23)12-5-3-7-14(9-12)21(25)26/h3,5,7,9,13H,2,4,6,8,10-11H2,1H3,(H,18,22)(H,19,23). The summed E-state index contributed by atoms with van der Waals surface area (Å²) in [6.07, 6.45) is 1.50. The summed E-state index contributed by atoms with van der Waals surface area (Å²) < 4.78 is 5.02. The molecule has 1 aliphatic rings. The molecule has 27 heavy (non-hydrogen) atoms. The first-order valence-corrected chi connectivity index (χ1v) is 8.63. The third kappa shape index (κ3) is 6.03. The van der Waals surface area contributed by atoms with Crippen LogP contribution in [0.1, 0.15) is 30.1 Å². The molecular weight excluding hydrogens is 356 g/mol. The number of nitrogens with one attached hydrogen (secondary N) is 2. The van der Waals surface area contributed by atoms with Gasteiger partial charge in [-0.15, -0.1) is 0 Å². The average molecular weight is 378 g/mol. The number of nitrogens with zero attached hydrogens (tertiary/aromatic N) is 2. The molecule has 146 valence electrons. The Morgan fingerprint density at radius 2 is 2.11 bits per heavy atom. The van der Waals surface area contributed by atoms with Crippen LogP contribution in [0.25, 0.3) is 0 Å². The van der Waals surface area contributed by atoms with Crippen molar-refractivity contribution in [3.63, 3.8) is 0 Å². The number of non-ortho nitro benzene ring substituents is 1. The van der Waals surface area contributed by atoms with Crippen molar-refractivity contribution in [2.75, 3.05) is 26.2 Å². The highest BCUT2D eigenvalue weighted by Crippen LogP contribution is 2.17. The molecule has 10 nitrogen and oxygen atoms in total. The summed E-state index contributed by atoms with van der Waals surface area (Å²) in [5, 5.41) is 10.7. The van der Waals surface area contributed by atoms with Crippen molar-refractivity contribution in [3.8, 4) is 0 Å². The molecule has 1 atom stereocenters. The molecular formula is C17H22N4O6. The molecule has 2 N–H and O–H groups in total. The van der Waals surface area contributed by atoms with E-state index in [1.54, 1.807) is 6.92 Å². The number of hydrogen-bond donors (Lipinski definition) is 2. The maximum Gasteiger partial charge on any atom is 0.310 e. The van der Waals surface area contributed by atoms with E-state index in [0.717, 1.165) is 18.9 Å². The zero-order chi connectivity index (χ0) is 19.8. The van der Waals surface area contributed by atoms with Crippen LogP contribution in [0.15, 0.2) is 24.3 Å². The number of nitro benzene ring substituents is 1.